The Bertz CT molecular complexity index is 753. The van der Waals surface area contributed by atoms with Crippen LogP contribution in [-0.4, -0.2) is 42.8 Å². The summed E-state index contributed by atoms with van der Waals surface area (Å²) < 4.78 is 5.88. The fourth-order valence-electron chi connectivity index (χ4n) is 3.41. The van der Waals surface area contributed by atoms with E-state index in [1.54, 1.807) is 0 Å². The molecule has 1 atom stereocenters. The van der Waals surface area contributed by atoms with Gasteiger partial charge in [0.05, 0.1) is 24.5 Å². The van der Waals surface area contributed by atoms with Crippen molar-refractivity contribution in [1.29, 1.82) is 0 Å². The zero-order chi connectivity index (χ0) is 19.6. The van der Waals surface area contributed by atoms with Crippen LogP contribution in [0, 0.1) is 5.92 Å². The van der Waals surface area contributed by atoms with Gasteiger partial charge in [-0.25, -0.2) is 0 Å². The average Bonchev–Trinajstić information content (AvgIpc) is 3.12. The minimum Gasteiger partial charge on any atom is -0.377 e. The average molecular weight is 383 g/mol. The molecule has 2 aliphatic rings. The highest BCUT2D eigenvalue weighted by molar-refractivity contribution is 6.45. The summed E-state index contributed by atoms with van der Waals surface area (Å²) in [7, 11) is 0. The molecule has 0 radical (unpaired) electrons. The molecule has 0 amide bonds. The van der Waals surface area contributed by atoms with E-state index in [1.165, 1.54) is 5.56 Å². The molecule has 150 valence electrons. The third-order valence-electron chi connectivity index (χ3n) is 4.79. The van der Waals surface area contributed by atoms with Gasteiger partial charge in [0.25, 0.3) is 0 Å². The molecule has 1 heterocycles. The summed E-state index contributed by atoms with van der Waals surface area (Å²) >= 11 is 0. The van der Waals surface area contributed by atoms with E-state index in [2.05, 4.69) is 43.2 Å². The van der Waals surface area contributed by atoms with Crippen molar-refractivity contribution in [3.05, 3.63) is 35.9 Å². The van der Waals surface area contributed by atoms with Crippen molar-refractivity contribution in [3.8, 4) is 0 Å². The molecule has 0 saturated heterocycles. The molecule has 1 aliphatic carbocycles. The number of amidine groups is 2. The van der Waals surface area contributed by atoms with Crippen LogP contribution in [0.2, 0.25) is 0 Å². The molecule has 3 rings (SSSR count). The van der Waals surface area contributed by atoms with Gasteiger partial charge in [0.2, 0.25) is 0 Å². The van der Waals surface area contributed by atoms with Crippen LogP contribution in [-0.2, 0) is 11.3 Å². The third-order valence-corrected chi connectivity index (χ3v) is 4.79. The van der Waals surface area contributed by atoms with Crippen molar-refractivity contribution < 1.29 is 4.74 Å². The van der Waals surface area contributed by atoms with Gasteiger partial charge in [-0.3, -0.25) is 20.8 Å². The molecule has 1 aromatic rings. The number of benzene rings is 1. The number of fused-ring (bicyclic) bond motifs is 1. The van der Waals surface area contributed by atoms with Crippen LogP contribution < -0.4 is 10.9 Å². The Hall–Kier alpha value is -2.54. The summed E-state index contributed by atoms with van der Waals surface area (Å²) in [6.07, 6.45) is 3.47. The Balaban J connectivity index is 1.62. The molecule has 1 aliphatic heterocycles. The first kappa shape index (κ1) is 20.2. The molecular weight excluding hydrogens is 352 g/mol. The number of nitrogens with zero attached hydrogens (tertiary/aromatic N) is 4. The normalized spacial score (nSPS) is 26.1. The van der Waals surface area contributed by atoms with Crippen molar-refractivity contribution in [2.45, 2.75) is 46.1 Å². The molecule has 1 unspecified atom stereocenters. The molecule has 2 N–H and O–H groups in total. The predicted octanol–water partition coefficient (Wildman–Crippen LogP) is 3.14. The SMILES string of the molecule is CCN=C1CC(=NCC)N/N=C2/C(=N/N1)CCC2CCOCc1ccccc1. The summed E-state index contributed by atoms with van der Waals surface area (Å²) in [4.78, 5) is 9.00. The maximum atomic E-state index is 5.88. The Morgan fingerprint density at radius 1 is 1.04 bits per heavy atom. The minimum absolute atomic E-state index is 0.344. The van der Waals surface area contributed by atoms with Gasteiger partial charge in [0.1, 0.15) is 11.7 Å². The standard InChI is InChI=1S/C21H30N6O/c1-3-22-19-14-20(23-4-2)26-27-21-17(10-11-18(21)24-25-19)12-13-28-15-16-8-6-5-7-9-16/h5-9,17H,3-4,10-15H2,1-2H3,(H,22,25)(H,23,26)/b24-18+,27-21+. The maximum Gasteiger partial charge on any atom is 0.124 e. The molecule has 7 nitrogen and oxygen atoms in total. The van der Waals surface area contributed by atoms with E-state index >= 15 is 0 Å². The Morgan fingerprint density at radius 2 is 1.75 bits per heavy atom. The lowest BCUT2D eigenvalue weighted by Crippen LogP contribution is -2.27. The van der Waals surface area contributed by atoms with Gasteiger partial charge in [-0.1, -0.05) is 30.3 Å². The van der Waals surface area contributed by atoms with Gasteiger partial charge >= 0.3 is 0 Å². The lowest BCUT2D eigenvalue weighted by atomic mass is 10.0. The highest BCUT2D eigenvalue weighted by Gasteiger charge is 2.29. The number of ether oxygens (including phenoxy) is 1. The number of hydrogen-bond acceptors (Lipinski definition) is 5. The van der Waals surface area contributed by atoms with Crippen molar-refractivity contribution in [2.75, 3.05) is 19.7 Å². The lowest BCUT2D eigenvalue weighted by Gasteiger charge is -2.12. The number of aliphatic imine (C=N–C) groups is 2. The van der Waals surface area contributed by atoms with Crippen LogP contribution in [0.15, 0.2) is 50.5 Å². The molecule has 0 bridgehead atoms. The summed E-state index contributed by atoms with van der Waals surface area (Å²) in [6.45, 7) is 6.80. The van der Waals surface area contributed by atoms with Crippen molar-refractivity contribution in [3.63, 3.8) is 0 Å². The second kappa shape index (κ2) is 10.7. The molecule has 1 aromatic carbocycles. The molecular formula is C21H30N6O. The van der Waals surface area contributed by atoms with Crippen LogP contribution in [0.25, 0.3) is 0 Å². The van der Waals surface area contributed by atoms with E-state index in [0.29, 0.717) is 38.6 Å². The van der Waals surface area contributed by atoms with Gasteiger partial charge in [0.15, 0.2) is 0 Å². The highest BCUT2D eigenvalue weighted by Crippen LogP contribution is 2.24. The molecule has 1 saturated carbocycles. The molecule has 28 heavy (non-hydrogen) atoms. The largest absolute Gasteiger partial charge is 0.377 e. The first-order valence-corrected chi connectivity index (χ1v) is 10.1. The number of hydrogen-bond donors (Lipinski definition) is 2. The Labute approximate surface area is 167 Å². The van der Waals surface area contributed by atoms with E-state index in [-0.39, 0.29) is 0 Å². The Morgan fingerprint density at radius 3 is 2.46 bits per heavy atom. The van der Waals surface area contributed by atoms with Gasteiger partial charge in [-0.15, -0.1) is 0 Å². The second-order valence-electron chi connectivity index (χ2n) is 6.86. The van der Waals surface area contributed by atoms with E-state index in [0.717, 1.165) is 42.4 Å². The quantitative estimate of drug-likeness (QED) is 0.711. The first-order chi connectivity index (χ1) is 13.8. The van der Waals surface area contributed by atoms with E-state index < -0.39 is 0 Å². The van der Waals surface area contributed by atoms with E-state index in [4.69, 9.17) is 4.74 Å². The lowest BCUT2D eigenvalue weighted by molar-refractivity contribution is 0.113. The van der Waals surface area contributed by atoms with Crippen LogP contribution in [0.3, 0.4) is 0 Å². The zero-order valence-corrected chi connectivity index (χ0v) is 16.8. The maximum absolute atomic E-state index is 5.88. The monoisotopic (exact) mass is 382 g/mol. The smallest absolute Gasteiger partial charge is 0.124 e. The number of nitrogens with one attached hydrogen (secondary N) is 2. The minimum atomic E-state index is 0.344. The van der Waals surface area contributed by atoms with Crippen LogP contribution in [0.1, 0.15) is 45.1 Å². The first-order valence-electron chi connectivity index (χ1n) is 10.1. The van der Waals surface area contributed by atoms with Gasteiger partial charge < -0.3 is 4.74 Å². The molecule has 1 fully saturated rings. The summed E-state index contributed by atoms with van der Waals surface area (Å²) in [5.74, 6) is 1.98. The van der Waals surface area contributed by atoms with Crippen LogP contribution >= 0.6 is 0 Å². The second-order valence-corrected chi connectivity index (χ2v) is 6.86. The zero-order valence-electron chi connectivity index (χ0n) is 16.8. The Kier molecular flexibility index (Phi) is 7.72. The summed E-state index contributed by atoms with van der Waals surface area (Å²) in [5.41, 5.74) is 9.51. The fraction of sp³-hybridized carbons (Fsp3) is 0.524. The predicted molar refractivity (Wildman–Crippen MR) is 115 cm³/mol. The van der Waals surface area contributed by atoms with Gasteiger partial charge in [0, 0.05) is 25.6 Å². The van der Waals surface area contributed by atoms with E-state index in [1.807, 2.05) is 32.0 Å². The van der Waals surface area contributed by atoms with Crippen molar-refractivity contribution >= 4 is 23.1 Å². The van der Waals surface area contributed by atoms with Crippen molar-refractivity contribution in [2.24, 2.45) is 26.1 Å². The van der Waals surface area contributed by atoms with Gasteiger partial charge in [-0.2, -0.15) is 10.2 Å². The fourth-order valence-corrected chi connectivity index (χ4v) is 3.41. The topological polar surface area (TPSA) is 82.7 Å². The highest BCUT2D eigenvalue weighted by atomic mass is 16.5. The molecule has 0 spiro atoms. The van der Waals surface area contributed by atoms with E-state index in [9.17, 15) is 0 Å². The molecule has 7 heteroatoms. The van der Waals surface area contributed by atoms with Gasteiger partial charge in [-0.05, 0) is 38.7 Å². The van der Waals surface area contributed by atoms with Crippen LogP contribution in [0.4, 0.5) is 0 Å². The summed E-state index contributed by atoms with van der Waals surface area (Å²) in [6, 6.07) is 10.3. The number of rotatable bonds is 7. The molecule has 0 aromatic heterocycles. The van der Waals surface area contributed by atoms with Crippen LogP contribution in [0.5, 0.6) is 0 Å². The third kappa shape index (κ3) is 5.73. The van der Waals surface area contributed by atoms with Crippen molar-refractivity contribution in [1.82, 2.24) is 10.9 Å². The summed E-state index contributed by atoms with van der Waals surface area (Å²) in [5, 5.41) is 9.27. The number of hydrazone groups is 2.